The number of ether oxygens (including phenoxy) is 1. The summed E-state index contributed by atoms with van der Waals surface area (Å²) in [5.41, 5.74) is 0.836. The van der Waals surface area contributed by atoms with Crippen LogP contribution in [-0.2, 0) is 0 Å². The Hall–Kier alpha value is -2.42. The Kier molecular flexibility index (Phi) is 4.08. The van der Waals surface area contributed by atoms with Gasteiger partial charge in [0.2, 0.25) is 0 Å². The van der Waals surface area contributed by atoms with Crippen LogP contribution in [0.25, 0.3) is 6.08 Å². The van der Waals surface area contributed by atoms with E-state index < -0.39 is 0 Å². The van der Waals surface area contributed by atoms with Gasteiger partial charge in [-0.05, 0) is 30.4 Å². The van der Waals surface area contributed by atoms with E-state index in [-0.39, 0.29) is 11.6 Å². The lowest BCUT2D eigenvalue weighted by Gasteiger charge is -2.04. The van der Waals surface area contributed by atoms with E-state index in [9.17, 15) is 9.18 Å². The normalized spacial score (nSPS) is 10.6. The highest BCUT2D eigenvalue weighted by atomic mass is 19.1. The number of carbonyl (C=O) groups excluding carboxylic acids is 1. The Morgan fingerprint density at radius 1 is 1.11 bits per heavy atom. The predicted octanol–water partition coefficient (Wildman–Crippen LogP) is 3.73. The Morgan fingerprint density at radius 3 is 2.53 bits per heavy atom. The van der Waals surface area contributed by atoms with Gasteiger partial charge in [0, 0.05) is 5.56 Å². The summed E-state index contributed by atoms with van der Waals surface area (Å²) in [7, 11) is 1.51. The van der Waals surface area contributed by atoms with E-state index in [4.69, 9.17) is 4.74 Å². The van der Waals surface area contributed by atoms with Crippen molar-refractivity contribution < 1.29 is 13.9 Å². The van der Waals surface area contributed by atoms with Crippen molar-refractivity contribution in [2.45, 2.75) is 0 Å². The van der Waals surface area contributed by atoms with E-state index in [2.05, 4.69) is 0 Å². The SMILES string of the molecule is COc1ccccc1C(=O)/C=C/c1ccccc1F. The van der Waals surface area contributed by atoms with Crippen LogP contribution in [0.5, 0.6) is 5.75 Å². The minimum atomic E-state index is -0.355. The van der Waals surface area contributed by atoms with Gasteiger partial charge in [0.25, 0.3) is 0 Å². The van der Waals surface area contributed by atoms with Gasteiger partial charge in [0.1, 0.15) is 11.6 Å². The predicted molar refractivity (Wildman–Crippen MR) is 72.8 cm³/mol. The molecular weight excluding hydrogens is 243 g/mol. The molecule has 2 rings (SSSR count). The number of benzene rings is 2. The maximum Gasteiger partial charge on any atom is 0.189 e. The van der Waals surface area contributed by atoms with Crippen LogP contribution in [0.15, 0.2) is 54.6 Å². The third kappa shape index (κ3) is 3.07. The molecule has 0 aliphatic rings. The number of ketones is 1. The van der Waals surface area contributed by atoms with Gasteiger partial charge < -0.3 is 4.74 Å². The minimum absolute atomic E-state index is 0.222. The highest BCUT2D eigenvalue weighted by molar-refractivity contribution is 6.08. The molecule has 0 spiro atoms. The van der Waals surface area contributed by atoms with Crippen LogP contribution in [0.4, 0.5) is 4.39 Å². The first kappa shape index (κ1) is 13.0. The van der Waals surface area contributed by atoms with Gasteiger partial charge in [-0.25, -0.2) is 4.39 Å². The number of hydrogen-bond donors (Lipinski definition) is 0. The van der Waals surface area contributed by atoms with Crippen molar-refractivity contribution in [3.63, 3.8) is 0 Å². The summed E-state index contributed by atoms with van der Waals surface area (Å²) >= 11 is 0. The molecule has 2 aromatic rings. The molecule has 0 aromatic heterocycles. The highest BCUT2D eigenvalue weighted by Crippen LogP contribution is 2.19. The summed E-state index contributed by atoms with van der Waals surface area (Å²) in [6.45, 7) is 0. The third-order valence-corrected chi connectivity index (χ3v) is 2.69. The summed E-state index contributed by atoms with van der Waals surface area (Å²) in [5, 5.41) is 0. The maximum absolute atomic E-state index is 13.4. The smallest absolute Gasteiger partial charge is 0.189 e. The molecule has 0 atom stereocenters. The number of rotatable bonds is 4. The average molecular weight is 256 g/mol. The third-order valence-electron chi connectivity index (χ3n) is 2.69. The van der Waals surface area contributed by atoms with Gasteiger partial charge >= 0.3 is 0 Å². The highest BCUT2D eigenvalue weighted by Gasteiger charge is 2.08. The number of halogens is 1. The largest absolute Gasteiger partial charge is 0.496 e. The first-order valence-electron chi connectivity index (χ1n) is 5.82. The molecule has 0 saturated carbocycles. The standard InChI is InChI=1S/C16H13FO2/c1-19-16-9-5-3-7-13(16)15(18)11-10-12-6-2-4-8-14(12)17/h2-11H,1H3/b11-10+. The zero-order chi connectivity index (χ0) is 13.7. The van der Waals surface area contributed by atoms with E-state index in [0.717, 1.165) is 0 Å². The molecule has 0 aliphatic heterocycles. The van der Waals surface area contributed by atoms with Crippen molar-refractivity contribution in [3.05, 3.63) is 71.6 Å². The lowest BCUT2D eigenvalue weighted by molar-refractivity contribution is 0.104. The first-order valence-corrected chi connectivity index (χ1v) is 5.82. The van der Waals surface area contributed by atoms with Gasteiger partial charge in [-0.3, -0.25) is 4.79 Å². The van der Waals surface area contributed by atoms with Crippen molar-refractivity contribution in [2.24, 2.45) is 0 Å². The monoisotopic (exact) mass is 256 g/mol. The summed E-state index contributed by atoms with van der Waals surface area (Å²) < 4.78 is 18.5. The molecular formula is C16H13FO2. The van der Waals surface area contributed by atoms with Crippen molar-refractivity contribution in [3.8, 4) is 5.75 Å². The van der Waals surface area contributed by atoms with Gasteiger partial charge in [-0.15, -0.1) is 0 Å². The molecule has 0 N–H and O–H groups in total. The second-order valence-corrected chi connectivity index (χ2v) is 3.92. The lowest BCUT2D eigenvalue weighted by Crippen LogP contribution is -1.98. The fraction of sp³-hybridized carbons (Fsp3) is 0.0625. The molecule has 2 nitrogen and oxygen atoms in total. The number of para-hydroxylation sites is 1. The fourth-order valence-electron chi connectivity index (χ4n) is 1.71. The van der Waals surface area contributed by atoms with E-state index in [1.165, 1.54) is 25.3 Å². The lowest BCUT2D eigenvalue weighted by atomic mass is 10.1. The first-order chi connectivity index (χ1) is 9.22. The topological polar surface area (TPSA) is 26.3 Å². The Balaban J connectivity index is 2.24. The van der Waals surface area contributed by atoms with E-state index in [1.54, 1.807) is 42.5 Å². The fourth-order valence-corrected chi connectivity index (χ4v) is 1.71. The molecule has 0 heterocycles. The molecule has 0 bridgehead atoms. The van der Waals surface area contributed by atoms with Crippen LogP contribution in [0.3, 0.4) is 0 Å². The van der Waals surface area contributed by atoms with Crippen LogP contribution in [0, 0.1) is 5.82 Å². The molecule has 0 unspecified atom stereocenters. The quantitative estimate of drug-likeness (QED) is 0.615. The van der Waals surface area contributed by atoms with Crippen molar-refractivity contribution in [2.75, 3.05) is 7.11 Å². The zero-order valence-electron chi connectivity index (χ0n) is 10.5. The van der Waals surface area contributed by atoms with E-state index >= 15 is 0 Å². The van der Waals surface area contributed by atoms with Crippen LogP contribution < -0.4 is 4.74 Å². The molecule has 0 fully saturated rings. The van der Waals surface area contributed by atoms with Gasteiger partial charge in [-0.2, -0.15) is 0 Å². The second kappa shape index (κ2) is 5.96. The summed E-state index contributed by atoms with van der Waals surface area (Å²) in [4.78, 5) is 12.0. The van der Waals surface area contributed by atoms with Gasteiger partial charge in [-0.1, -0.05) is 30.3 Å². The van der Waals surface area contributed by atoms with Gasteiger partial charge in [0.05, 0.1) is 12.7 Å². The zero-order valence-corrected chi connectivity index (χ0v) is 10.5. The number of methoxy groups -OCH3 is 1. The number of carbonyl (C=O) groups is 1. The van der Waals surface area contributed by atoms with E-state index in [0.29, 0.717) is 16.9 Å². The van der Waals surface area contributed by atoms with Crippen molar-refractivity contribution in [1.29, 1.82) is 0 Å². The molecule has 96 valence electrons. The Morgan fingerprint density at radius 2 is 1.79 bits per heavy atom. The van der Waals surface area contributed by atoms with Crippen LogP contribution in [-0.4, -0.2) is 12.9 Å². The van der Waals surface area contributed by atoms with Crippen LogP contribution in [0.2, 0.25) is 0 Å². The molecule has 0 amide bonds. The molecule has 0 saturated heterocycles. The summed E-state index contributed by atoms with van der Waals surface area (Å²) in [6, 6.07) is 13.2. The molecule has 2 aromatic carbocycles. The Labute approximate surface area is 111 Å². The number of hydrogen-bond acceptors (Lipinski definition) is 2. The van der Waals surface area contributed by atoms with E-state index in [1.807, 2.05) is 0 Å². The molecule has 3 heteroatoms. The average Bonchev–Trinajstić information content (AvgIpc) is 2.46. The van der Waals surface area contributed by atoms with Crippen molar-refractivity contribution >= 4 is 11.9 Å². The molecule has 19 heavy (non-hydrogen) atoms. The second-order valence-electron chi connectivity index (χ2n) is 3.92. The summed E-state index contributed by atoms with van der Waals surface area (Å²) in [5.74, 6) is -0.0713. The van der Waals surface area contributed by atoms with Gasteiger partial charge in [0.15, 0.2) is 5.78 Å². The Bertz CT molecular complexity index is 618. The maximum atomic E-state index is 13.4. The number of allylic oxidation sites excluding steroid dienone is 1. The molecule has 0 aliphatic carbocycles. The van der Waals surface area contributed by atoms with Crippen LogP contribution >= 0.6 is 0 Å². The molecule has 0 radical (unpaired) electrons. The minimum Gasteiger partial charge on any atom is -0.496 e. The van der Waals surface area contributed by atoms with Crippen LogP contribution in [0.1, 0.15) is 15.9 Å². The summed E-state index contributed by atoms with van der Waals surface area (Å²) in [6.07, 6.45) is 2.81. The van der Waals surface area contributed by atoms with Crippen molar-refractivity contribution in [1.82, 2.24) is 0 Å².